The number of hydrogen-bond donors (Lipinski definition) is 2. The van der Waals surface area contributed by atoms with E-state index >= 15 is 0 Å². The van der Waals surface area contributed by atoms with E-state index in [0.717, 1.165) is 16.9 Å². The number of rotatable bonds is 11. The molecule has 1 aromatic carbocycles. The third-order valence-electron chi connectivity index (χ3n) is 4.67. The molecular formula is C21H24N6O4S. The minimum atomic E-state index is -0.276. The number of imidazole rings is 1. The van der Waals surface area contributed by atoms with Gasteiger partial charge < -0.3 is 24.2 Å². The van der Waals surface area contributed by atoms with Crippen LogP contribution in [-0.2, 0) is 16.0 Å². The summed E-state index contributed by atoms with van der Waals surface area (Å²) in [5.74, 6) is 1.19. The summed E-state index contributed by atoms with van der Waals surface area (Å²) in [7, 11) is 0. The number of fused-ring (bicyclic) bond motifs is 1. The zero-order valence-corrected chi connectivity index (χ0v) is 18.4. The first-order valence-corrected chi connectivity index (χ1v) is 11.0. The average Bonchev–Trinajstić information content (AvgIpc) is 3.53. The molecule has 0 radical (unpaired) electrons. The molecule has 0 aliphatic carbocycles. The van der Waals surface area contributed by atoms with E-state index in [-0.39, 0.29) is 5.91 Å². The lowest BCUT2D eigenvalue weighted by molar-refractivity contribution is 0.0478. The van der Waals surface area contributed by atoms with Gasteiger partial charge in [0.05, 0.1) is 43.7 Å². The molecule has 10 nitrogen and oxygen atoms in total. The predicted molar refractivity (Wildman–Crippen MR) is 121 cm³/mol. The Morgan fingerprint density at radius 2 is 2.03 bits per heavy atom. The summed E-state index contributed by atoms with van der Waals surface area (Å²) < 4.78 is 18.3. The Kier molecular flexibility index (Phi) is 7.22. The predicted octanol–water partition coefficient (Wildman–Crippen LogP) is 2.70. The second-order valence-electron chi connectivity index (χ2n) is 6.87. The number of nitrogens with one attached hydrogen (secondary N) is 1. The molecule has 4 aromatic rings. The van der Waals surface area contributed by atoms with Crippen molar-refractivity contribution in [3.63, 3.8) is 0 Å². The number of nitrogens with two attached hydrogens (primary N) is 1. The molecule has 0 fully saturated rings. The minimum absolute atomic E-state index is 0.276. The van der Waals surface area contributed by atoms with Crippen molar-refractivity contribution in [2.75, 3.05) is 38.3 Å². The van der Waals surface area contributed by atoms with Crippen LogP contribution in [0.1, 0.15) is 16.2 Å². The van der Waals surface area contributed by atoms with Crippen LogP contribution in [0.5, 0.6) is 0 Å². The lowest BCUT2D eigenvalue weighted by Crippen LogP contribution is -2.14. The van der Waals surface area contributed by atoms with Crippen molar-refractivity contribution in [3.05, 3.63) is 48.0 Å². The lowest BCUT2D eigenvalue weighted by Gasteiger charge is -2.08. The van der Waals surface area contributed by atoms with Gasteiger partial charge in [-0.1, -0.05) is 11.3 Å². The molecule has 0 aliphatic rings. The minimum Gasteiger partial charge on any atom is -0.462 e. The van der Waals surface area contributed by atoms with E-state index in [1.165, 1.54) is 11.3 Å². The van der Waals surface area contributed by atoms with Crippen molar-refractivity contribution in [2.24, 2.45) is 5.73 Å². The summed E-state index contributed by atoms with van der Waals surface area (Å²) in [6, 6.07) is 8.99. The van der Waals surface area contributed by atoms with Gasteiger partial charge in [0.15, 0.2) is 10.8 Å². The Bertz CT molecular complexity index is 1170. The Morgan fingerprint density at radius 3 is 2.81 bits per heavy atom. The van der Waals surface area contributed by atoms with Crippen molar-refractivity contribution in [1.82, 2.24) is 19.7 Å². The van der Waals surface area contributed by atoms with Crippen LogP contribution in [0.2, 0.25) is 0 Å². The molecule has 32 heavy (non-hydrogen) atoms. The maximum atomic E-state index is 12.7. The fraction of sp³-hybridized carbons (Fsp3) is 0.333. The largest absolute Gasteiger partial charge is 0.462 e. The molecule has 3 heterocycles. The summed E-state index contributed by atoms with van der Waals surface area (Å²) in [4.78, 5) is 17.3. The van der Waals surface area contributed by atoms with Crippen LogP contribution < -0.4 is 11.1 Å². The van der Waals surface area contributed by atoms with Gasteiger partial charge in [-0.05, 0) is 37.3 Å². The summed E-state index contributed by atoms with van der Waals surface area (Å²) in [6.45, 7) is 5.21. The molecular weight excluding hydrogens is 432 g/mol. The van der Waals surface area contributed by atoms with Crippen LogP contribution in [0, 0.1) is 6.92 Å². The van der Waals surface area contributed by atoms with Gasteiger partial charge in [0.1, 0.15) is 5.82 Å². The number of anilines is 1. The molecule has 0 unspecified atom stereocenters. The molecule has 0 atom stereocenters. The van der Waals surface area contributed by atoms with Crippen molar-refractivity contribution in [2.45, 2.75) is 13.5 Å². The highest BCUT2D eigenvalue weighted by molar-refractivity contribution is 7.18. The SMILES string of the molecule is Cc1nc2cc(C(=O)Nc3nnc(-c4ccco4)s3)ccc2n1CCOCCOCCN. The normalized spacial score (nSPS) is 11.3. The quantitative estimate of drug-likeness (QED) is 0.330. The number of benzene rings is 1. The second-order valence-corrected chi connectivity index (χ2v) is 7.85. The van der Waals surface area contributed by atoms with Crippen LogP contribution in [0.25, 0.3) is 21.8 Å². The second kappa shape index (κ2) is 10.5. The molecule has 0 aliphatic heterocycles. The Hall–Kier alpha value is -3.12. The van der Waals surface area contributed by atoms with Crippen LogP contribution in [0.15, 0.2) is 41.0 Å². The third-order valence-corrected chi connectivity index (χ3v) is 5.53. The van der Waals surface area contributed by atoms with Gasteiger partial charge in [-0.15, -0.1) is 10.2 Å². The molecule has 0 saturated carbocycles. The molecule has 4 rings (SSSR count). The van der Waals surface area contributed by atoms with E-state index in [1.807, 2.05) is 13.0 Å². The van der Waals surface area contributed by atoms with Gasteiger partial charge >= 0.3 is 0 Å². The fourth-order valence-corrected chi connectivity index (χ4v) is 3.88. The van der Waals surface area contributed by atoms with Crippen LogP contribution >= 0.6 is 11.3 Å². The number of aryl methyl sites for hydroxylation is 1. The molecule has 1 amide bonds. The molecule has 11 heteroatoms. The standard InChI is InChI=1S/C21H24N6O4S/c1-14-23-16-13-15(4-5-17(16)27(14)7-10-30-12-11-29-9-6-22)19(28)24-21-26-25-20(32-21)18-3-2-8-31-18/h2-5,8,13H,6-7,9-12,22H2,1H3,(H,24,26,28). The number of hydrogen-bond acceptors (Lipinski definition) is 9. The van der Waals surface area contributed by atoms with Gasteiger partial charge in [-0.25, -0.2) is 4.98 Å². The van der Waals surface area contributed by atoms with Crippen LogP contribution in [0.4, 0.5) is 5.13 Å². The maximum absolute atomic E-state index is 12.7. The first-order chi connectivity index (χ1) is 15.7. The number of furan rings is 1. The van der Waals surface area contributed by atoms with Gasteiger partial charge in [-0.3, -0.25) is 10.1 Å². The molecule has 0 spiro atoms. The van der Waals surface area contributed by atoms with Gasteiger partial charge in [0.25, 0.3) is 5.91 Å². The zero-order chi connectivity index (χ0) is 22.3. The summed E-state index contributed by atoms with van der Waals surface area (Å²) in [5.41, 5.74) is 7.56. The average molecular weight is 457 g/mol. The first-order valence-electron chi connectivity index (χ1n) is 10.2. The third kappa shape index (κ3) is 5.19. The summed E-state index contributed by atoms with van der Waals surface area (Å²) >= 11 is 1.24. The van der Waals surface area contributed by atoms with Gasteiger partial charge in [0, 0.05) is 18.7 Å². The highest BCUT2D eigenvalue weighted by Crippen LogP contribution is 2.27. The van der Waals surface area contributed by atoms with Gasteiger partial charge in [-0.2, -0.15) is 0 Å². The van der Waals surface area contributed by atoms with E-state index in [9.17, 15) is 4.79 Å². The number of ether oxygens (including phenoxy) is 2. The van der Waals surface area contributed by atoms with Crippen molar-refractivity contribution in [3.8, 4) is 10.8 Å². The van der Waals surface area contributed by atoms with E-state index in [0.29, 0.717) is 61.0 Å². The van der Waals surface area contributed by atoms with E-state index in [2.05, 4.69) is 25.1 Å². The van der Waals surface area contributed by atoms with E-state index in [1.54, 1.807) is 30.5 Å². The number of carbonyl (C=O) groups is 1. The summed E-state index contributed by atoms with van der Waals surface area (Å²) in [6.07, 6.45) is 1.56. The summed E-state index contributed by atoms with van der Waals surface area (Å²) in [5, 5.41) is 11.8. The molecule has 3 N–H and O–H groups in total. The lowest BCUT2D eigenvalue weighted by atomic mass is 10.2. The molecule has 168 valence electrons. The number of aromatic nitrogens is 4. The zero-order valence-electron chi connectivity index (χ0n) is 17.6. The van der Waals surface area contributed by atoms with E-state index < -0.39 is 0 Å². The smallest absolute Gasteiger partial charge is 0.257 e. The Balaban J connectivity index is 1.37. The number of nitrogens with zero attached hydrogens (tertiary/aromatic N) is 4. The van der Waals surface area contributed by atoms with Crippen molar-refractivity contribution >= 4 is 33.4 Å². The van der Waals surface area contributed by atoms with Crippen LogP contribution in [0.3, 0.4) is 0 Å². The monoisotopic (exact) mass is 456 g/mol. The number of carbonyl (C=O) groups excluding carboxylic acids is 1. The first kappa shape index (κ1) is 22.1. The highest BCUT2D eigenvalue weighted by Gasteiger charge is 2.15. The van der Waals surface area contributed by atoms with Gasteiger partial charge in [0.2, 0.25) is 5.13 Å². The molecule has 0 saturated heterocycles. The molecule has 3 aromatic heterocycles. The number of amides is 1. The fourth-order valence-electron chi connectivity index (χ4n) is 3.18. The van der Waals surface area contributed by atoms with E-state index in [4.69, 9.17) is 19.6 Å². The topological polar surface area (TPSA) is 130 Å². The van der Waals surface area contributed by atoms with Crippen molar-refractivity contribution < 1.29 is 18.7 Å². The maximum Gasteiger partial charge on any atom is 0.257 e. The van der Waals surface area contributed by atoms with Crippen molar-refractivity contribution in [1.29, 1.82) is 0 Å². The Labute approximate surface area is 188 Å². The Morgan fingerprint density at radius 1 is 1.19 bits per heavy atom. The van der Waals surface area contributed by atoms with Crippen LogP contribution in [-0.4, -0.2) is 58.6 Å². The molecule has 0 bridgehead atoms. The highest BCUT2D eigenvalue weighted by atomic mass is 32.1.